The first-order valence-corrected chi connectivity index (χ1v) is 9.04. The van der Waals surface area contributed by atoms with Gasteiger partial charge < -0.3 is 0 Å². The second-order valence-electron chi connectivity index (χ2n) is 6.82. The van der Waals surface area contributed by atoms with Crippen LogP contribution in [0.3, 0.4) is 0 Å². The van der Waals surface area contributed by atoms with Gasteiger partial charge in [-0.15, -0.1) is 10.2 Å². The van der Waals surface area contributed by atoms with E-state index in [0.717, 1.165) is 0 Å². The van der Waals surface area contributed by atoms with Crippen LogP contribution in [0.2, 0.25) is 0 Å². The first kappa shape index (κ1) is 21.8. The number of rotatable bonds is 5. The zero-order valence-corrected chi connectivity index (χ0v) is 15.8. The van der Waals surface area contributed by atoms with E-state index in [0.29, 0.717) is 30.2 Å². The molecule has 1 saturated carbocycles. The summed E-state index contributed by atoms with van der Waals surface area (Å²) in [6.45, 7) is 18.5. The lowest BCUT2D eigenvalue weighted by Gasteiger charge is -2.29. The second-order valence-corrected chi connectivity index (χ2v) is 7.57. The zero-order chi connectivity index (χ0) is 17.8. The lowest BCUT2D eigenvalue weighted by molar-refractivity contribution is -2.00. The highest BCUT2D eigenvalue weighted by Crippen LogP contribution is 2.29. The molecule has 0 radical (unpaired) electrons. The van der Waals surface area contributed by atoms with Gasteiger partial charge in [0, 0.05) is 12.1 Å². The van der Waals surface area contributed by atoms with E-state index in [1.54, 1.807) is 5.71 Å². The molecule has 1 aliphatic carbocycles. The summed E-state index contributed by atoms with van der Waals surface area (Å²) in [5, 5.41) is 0. The normalized spacial score (nSPS) is 18.4. The Labute approximate surface area is 136 Å². The van der Waals surface area contributed by atoms with E-state index in [9.17, 15) is 0 Å². The fraction of sp³-hybridized carbons (Fsp3) is 0.933. The van der Waals surface area contributed by atoms with Crippen LogP contribution in [0.4, 0.5) is 0 Å². The SMILES string of the molecule is CC(C)N(C(C)C)C1CC1=[N+](C(C)C)C(C)C.[O-][Cl+3]([O-])([O-])[O-]. The zero-order valence-electron chi connectivity index (χ0n) is 15.0. The summed E-state index contributed by atoms with van der Waals surface area (Å²) in [5.74, 6) is 0. The molecule has 0 N–H and O–H groups in total. The van der Waals surface area contributed by atoms with Gasteiger partial charge in [-0.2, -0.15) is 0 Å². The molecule has 0 amide bonds. The quantitative estimate of drug-likeness (QED) is 0.562. The molecule has 0 aromatic carbocycles. The predicted octanol–water partition coefficient (Wildman–Crippen LogP) is -1.61. The third-order valence-corrected chi connectivity index (χ3v) is 3.62. The highest BCUT2D eigenvalue weighted by atomic mass is 35.7. The Kier molecular flexibility index (Phi) is 8.47. The third-order valence-electron chi connectivity index (χ3n) is 3.62. The molecule has 0 bridgehead atoms. The number of nitrogens with zero attached hydrogens (tertiary/aromatic N) is 2. The van der Waals surface area contributed by atoms with Crippen LogP contribution < -0.4 is 18.6 Å². The van der Waals surface area contributed by atoms with E-state index < -0.39 is 10.2 Å². The number of halogens is 1. The predicted molar refractivity (Wildman–Crippen MR) is 76.1 cm³/mol. The largest absolute Gasteiger partial charge is 0.286 e. The van der Waals surface area contributed by atoms with Crippen molar-refractivity contribution in [1.29, 1.82) is 0 Å². The van der Waals surface area contributed by atoms with Crippen molar-refractivity contribution in [3.63, 3.8) is 0 Å². The Hall–Kier alpha value is -0.240. The Bertz CT molecular complexity index is 352. The van der Waals surface area contributed by atoms with Crippen LogP contribution in [0, 0.1) is 10.2 Å². The summed E-state index contributed by atoms with van der Waals surface area (Å²) < 4.78 is 36.6. The monoisotopic (exact) mass is 338 g/mol. The van der Waals surface area contributed by atoms with Gasteiger partial charge in [0.15, 0.2) is 5.71 Å². The van der Waals surface area contributed by atoms with E-state index in [1.165, 1.54) is 6.42 Å². The highest BCUT2D eigenvalue weighted by molar-refractivity contribution is 6.01. The molecule has 0 spiro atoms. The minimum atomic E-state index is -4.94. The standard InChI is InChI=1S/C15H31N2.ClHO4/c1-10(2)16(11(3)4)14-9-15(14)17(12(5)6)13(7)8;2-1(3,4)5/h10-14H,9H2,1-8H3;(H,2,3,4,5)/q+1;/p-1. The van der Waals surface area contributed by atoms with E-state index in [1.807, 2.05) is 0 Å². The maximum atomic E-state index is 8.49. The molecule has 0 aromatic heterocycles. The average Bonchev–Trinajstić information content (AvgIpc) is 2.91. The molecule has 1 atom stereocenters. The third kappa shape index (κ3) is 7.85. The minimum Gasteiger partial charge on any atom is -0.286 e. The van der Waals surface area contributed by atoms with Gasteiger partial charge in [0.05, 0.1) is 6.42 Å². The lowest BCUT2D eigenvalue weighted by Crippen LogP contribution is -2.68. The van der Waals surface area contributed by atoms with Crippen LogP contribution in [-0.4, -0.2) is 45.4 Å². The van der Waals surface area contributed by atoms with Crippen molar-refractivity contribution in [3.8, 4) is 0 Å². The molecule has 6 nitrogen and oxygen atoms in total. The number of hydrogen-bond donors (Lipinski definition) is 0. The molecular weight excluding hydrogens is 308 g/mol. The van der Waals surface area contributed by atoms with Gasteiger partial charge in [-0.3, -0.25) is 4.90 Å². The molecule has 0 heterocycles. The fourth-order valence-electron chi connectivity index (χ4n) is 3.27. The molecule has 1 aliphatic rings. The maximum Gasteiger partial charge on any atom is 0.172 e. The van der Waals surface area contributed by atoms with E-state index in [4.69, 9.17) is 18.6 Å². The van der Waals surface area contributed by atoms with E-state index in [-0.39, 0.29) is 0 Å². The molecule has 1 fully saturated rings. The molecule has 7 heteroatoms. The van der Waals surface area contributed by atoms with E-state index in [2.05, 4.69) is 64.9 Å². The molecule has 0 aliphatic heterocycles. The van der Waals surface area contributed by atoms with Crippen molar-refractivity contribution in [3.05, 3.63) is 0 Å². The smallest absolute Gasteiger partial charge is 0.172 e. The van der Waals surface area contributed by atoms with Gasteiger partial charge in [0.1, 0.15) is 18.1 Å². The fourth-order valence-corrected chi connectivity index (χ4v) is 3.27. The van der Waals surface area contributed by atoms with Gasteiger partial charge >= 0.3 is 0 Å². The van der Waals surface area contributed by atoms with Crippen molar-refractivity contribution in [1.82, 2.24) is 4.90 Å². The summed E-state index contributed by atoms with van der Waals surface area (Å²) in [6.07, 6.45) is 1.27. The van der Waals surface area contributed by atoms with Crippen molar-refractivity contribution in [2.75, 3.05) is 0 Å². The second kappa shape index (κ2) is 8.57. The van der Waals surface area contributed by atoms with Crippen molar-refractivity contribution < 1.29 is 33.5 Å². The molecule has 22 heavy (non-hydrogen) atoms. The average molecular weight is 339 g/mol. The number of hydrogen-bond acceptors (Lipinski definition) is 5. The van der Waals surface area contributed by atoms with Crippen LogP contribution >= 0.6 is 0 Å². The Morgan fingerprint density at radius 2 is 1.18 bits per heavy atom. The molecule has 1 unspecified atom stereocenters. The molecule has 0 aromatic rings. The van der Waals surface area contributed by atoms with Crippen LogP contribution in [0.15, 0.2) is 0 Å². The van der Waals surface area contributed by atoms with Crippen molar-refractivity contribution >= 4 is 5.71 Å². The molecular formula is C15H31ClN2O4. The first-order valence-electron chi connectivity index (χ1n) is 7.80. The summed E-state index contributed by atoms with van der Waals surface area (Å²) in [6, 6.07) is 3.21. The van der Waals surface area contributed by atoms with Gasteiger partial charge in [-0.05, 0) is 55.4 Å². The van der Waals surface area contributed by atoms with Gasteiger partial charge in [-0.1, -0.05) is 0 Å². The minimum absolute atomic E-state index is 0.621. The van der Waals surface area contributed by atoms with Crippen LogP contribution in [-0.2, 0) is 0 Å². The van der Waals surface area contributed by atoms with Crippen molar-refractivity contribution in [2.24, 2.45) is 0 Å². The Morgan fingerprint density at radius 1 is 0.864 bits per heavy atom. The molecule has 0 saturated heterocycles. The summed E-state index contributed by atoms with van der Waals surface area (Å²) >= 11 is 0. The van der Waals surface area contributed by atoms with Crippen LogP contribution in [0.5, 0.6) is 0 Å². The highest BCUT2D eigenvalue weighted by Gasteiger charge is 2.48. The van der Waals surface area contributed by atoms with Crippen molar-refractivity contribution in [2.45, 2.75) is 92.0 Å². The summed E-state index contributed by atoms with van der Waals surface area (Å²) in [4.78, 5) is 2.65. The Balaban J connectivity index is 0.000000763. The van der Waals surface area contributed by atoms with Gasteiger partial charge in [0.2, 0.25) is 0 Å². The van der Waals surface area contributed by atoms with E-state index >= 15 is 0 Å². The Morgan fingerprint density at radius 3 is 1.41 bits per heavy atom. The lowest BCUT2D eigenvalue weighted by atomic mass is 10.2. The summed E-state index contributed by atoms with van der Waals surface area (Å²) in [5.41, 5.74) is 1.65. The maximum absolute atomic E-state index is 8.49. The van der Waals surface area contributed by atoms with Gasteiger partial charge in [0.25, 0.3) is 0 Å². The van der Waals surface area contributed by atoms with Gasteiger partial charge in [-0.25, -0.2) is 23.2 Å². The van der Waals surface area contributed by atoms with Crippen LogP contribution in [0.1, 0.15) is 61.8 Å². The molecule has 1 rings (SSSR count). The first-order chi connectivity index (χ1) is 9.77. The topological polar surface area (TPSA) is 98.5 Å². The summed E-state index contributed by atoms with van der Waals surface area (Å²) in [7, 11) is -4.94. The molecule has 132 valence electrons. The van der Waals surface area contributed by atoms with Crippen LogP contribution in [0.25, 0.3) is 0 Å².